The van der Waals surface area contributed by atoms with Gasteiger partial charge in [-0.05, 0) is 12.1 Å². The van der Waals surface area contributed by atoms with E-state index in [4.69, 9.17) is 14.6 Å². The number of anilines is 1. The van der Waals surface area contributed by atoms with Crippen LogP contribution in [-0.4, -0.2) is 66.9 Å². The molecule has 1 unspecified atom stereocenters. The Bertz CT molecular complexity index is 1250. The fourth-order valence-electron chi connectivity index (χ4n) is 4.21. The van der Waals surface area contributed by atoms with Gasteiger partial charge in [-0.3, -0.25) is 9.78 Å². The molecule has 5 rings (SSSR count). The predicted octanol–water partition coefficient (Wildman–Crippen LogP) is 2.05. The van der Waals surface area contributed by atoms with Gasteiger partial charge in [0.05, 0.1) is 31.2 Å². The van der Waals surface area contributed by atoms with Crippen LogP contribution in [0, 0.1) is 5.82 Å². The van der Waals surface area contributed by atoms with Crippen molar-refractivity contribution in [2.45, 2.75) is 43.8 Å². The fourth-order valence-corrected chi connectivity index (χ4v) is 4.21. The Kier molecular flexibility index (Phi) is 7.85. The van der Waals surface area contributed by atoms with E-state index in [1.54, 1.807) is 12.4 Å². The number of piperidine rings is 1. The molecule has 0 bridgehead atoms. The van der Waals surface area contributed by atoms with E-state index in [2.05, 4.69) is 25.3 Å². The van der Waals surface area contributed by atoms with E-state index in [9.17, 15) is 22.4 Å². The molecule has 2 N–H and O–H groups in total. The van der Waals surface area contributed by atoms with E-state index in [0.717, 1.165) is 11.5 Å². The minimum absolute atomic E-state index is 0.173. The Morgan fingerprint density at radius 1 is 1.11 bits per heavy atom. The molecule has 1 spiro atoms. The molecule has 38 heavy (non-hydrogen) atoms. The molecular weight excluding hydrogens is 514 g/mol. The summed E-state index contributed by atoms with van der Waals surface area (Å²) in [5.41, 5.74) is 0.128. The third kappa shape index (κ3) is 6.22. The van der Waals surface area contributed by atoms with Crippen LogP contribution in [0.15, 0.2) is 49.2 Å². The van der Waals surface area contributed by atoms with Gasteiger partial charge in [-0.1, -0.05) is 6.07 Å². The summed E-state index contributed by atoms with van der Waals surface area (Å²) in [6.07, 6.45) is 3.18. The van der Waals surface area contributed by atoms with Crippen molar-refractivity contribution in [3.8, 4) is 0 Å². The second-order valence-electron chi connectivity index (χ2n) is 8.53. The van der Waals surface area contributed by atoms with Gasteiger partial charge in [0, 0.05) is 44.5 Å². The van der Waals surface area contributed by atoms with Gasteiger partial charge in [0.2, 0.25) is 5.95 Å². The number of carboxylic acid groups (broad SMARTS) is 1. The summed E-state index contributed by atoms with van der Waals surface area (Å²) in [5, 5.41) is 10.1. The molecule has 15 heteroatoms. The number of fused-ring (bicyclic) bond motifs is 2. The zero-order chi connectivity index (χ0) is 27.3. The van der Waals surface area contributed by atoms with Crippen LogP contribution in [0.25, 0.3) is 0 Å². The van der Waals surface area contributed by atoms with Crippen molar-refractivity contribution in [3.05, 3.63) is 66.5 Å². The van der Waals surface area contributed by atoms with E-state index in [1.807, 2.05) is 33.9 Å². The summed E-state index contributed by atoms with van der Waals surface area (Å²) in [4.78, 5) is 40.7. The van der Waals surface area contributed by atoms with Crippen molar-refractivity contribution in [3.63, 3.8) is 0 Å². The zero-order valence-electron chi connectivity index (χ0n) is 19.8. The van der Waals surface area contributed by atoms with E-state index >= 15 is 0 Å². The van der Waals surface area contributed by atoms with Gasteiger partial charge in [0.25, 0.3) is 5.91 Å². The number of hydrogen-bond donors (Lipinski definition) is 2. The molecule has 0 radical (unpaired) electrons. The molecule has 3 aromatic rings. The van der Waals surface area contributed by atoms with Crippen LogP contribution in [0.5, 0.6) is 0 Å². The molecule has 2 aliphatic heterocycles. The number of halogens is 4. The van der Waals surface area contributed by atoms with E-state index < -0.39 is 29.7 Å². The van der Waals surface area contributed by atoms with Crippen LogP contribution in [-0.2, 0) is 33.0 Å². The van der Waals surface area contributed by atoms with Gasteiger partial charge in [-0.2, -0.15) is 13.2 Å². The quantitative estimate of drug-likeness (QED) is 0.480. The first-order valence-corrected chi connectivity index (χ1v) is 11.5. The number of aromatic nitrogens is 5. The highest BCUT2D eigenvalue weighted by Crippen LogP contribution is 2.40. The number of alkyl halides is 3. The molecule has 5 heterocycles. The van der Waals surface area contributed by atoms with E-state index in [1.165, 1.54) is 12.4 Å². The second kappa shape index (κ2) is 11.1. The number of nitrogens with one attached hydrogen (secondary N) is 1. The van der Waals surface area contributed by atoms with Crippen LogP contribution >= 0.6 is 0 Å². The molecule has 202 valence electrons. The maximum Gasteiger partial charge on any atom is 0.490 e. The van der Waals surface area contributed by atoms with Gasteiger partial charge in [0.1, 0.15) is 11.4 Å². The molecular formula is C23H23F4N7O4. The smallest absolute Gasteiger partial charge is 0.475 e. The molecule has 2 aliphatic rings. The topological polar surface area (TPSA) is 135 Å². The summed E-state index contributed by atoms with van der Waals surface area (Å²) in [6.45, 7) is 1.98. The predicted molar refractivity (Wildman–Crippen MR) is 122 cm³/mol. The number of pyridine rings is 1. The molecule has 11 nitrogen and oxygen atoms in total. The average Bonchev–Trinajstić information content (AvgIpc) is 3.39. The van der Waals surface area contributed by atoms with Crippen molar-refractivity contribution in [1.82, 2.24) is 29.8 Å². The molecule has 0 aromatic carbocycles. The number of imidazole rings is 1. The van der Waals surface area contributed by atoms with Gasteiger partial charge in [-0.15, -0.1) is 0 Å². The molecule has 1 atom stereocenters. The number of nitrogens with zero attached hydrogens (tertiary/aromatic N) is 6. The Labute approximate surface area is 213 Å². The Balaban J connectivity index is 0.000000426. The maximum absolute atomic E-state index is 13.1. The third-order valence-electron chi connectivity index (χ3n) is 6.02. The van der Waals surface area contributed by atoms with Gasteiger partial charge < -0.3 is 24.6 Å². The third-order valence-corrected chi connectivity index (χ3v) is 6.02. The van der Waals surface area contributed by atoms with Gasteiger partial charge in [0.15, 0.2) is 11.9 Å². The standard InChI is InChI=1S/C21H22FN7O2.C2HF3O2/c22-15-11-26-20(27-12-15)28-8-4-21(5-9-28)19-24-7-10-29(19)14-17(31-21)18(30)25-13-16-3-1-2-6-23-16;3-2(4,5)1(6)7/h1-3,6-7,10-12,17H,4-5,8-9,13-14H2,(H,25,30);(H,6,7). The number of carbonyl (C=O) groups excluding carboxylic acids is 1. The van der Waals surface area contributed by atoms with E-state index in [0.29, 0.717) is 45.0 Å². The highest BCUT2D eigenvalue weighted by Gasteiger charge is 2.47. The molecule has 0 saturated carbocycles. The highest BCUT2D eigenvalue weighted by atomic mass is 19.4. The largest absolute Gasteiger partial charge is 0.490 e. The summed E-state index contributed by atoms with van der Waals surface area (Å²) in [7, 11) is 0. The monoisotopic (exact) mass is 537 g/mol. The maximum atomic E-state index is 13.1. The second-order valence-corrected chi connectivity index (χ2v) is 8.53. The van der Waals surface area contributed by atoms with Crippen LogP contribution < -0.4 is 10.2 Å². The SMILES string of the molecule is O=C(NCc1ccccn1)C1Cn2ccnc2C2(CCN(c3ncc(F)cn3)CC2)O1.O=C(O)C(F)(F)F. The zero-order valence-corrected chi connectivity index (χ0v) is 19.8. The first-order chi connectivity index (χ1) is 18.1. The lowest BCUT2D eigenvalue weighted by Gasteiger charge is -2.45. The van der Waals surface area contributed by atoms with Gasteiger partial charge in [-0.25, -0.2) is 24.1 Å². The first kappa shape index (κ1) is 26.9. The fraction of sp³-hybridized carbons (Fsp3) is 0.391. The Morgan fingerprint density at radius 2 is 1.79 bits per heavy atom. The number of carboxylic acids is 1. The molecule has 1 fully saturated rings. The normalized spacial score (nSPS) is 18.2. The lowest BCUT2D eigenvalue weighted by atomic mass is 9.88. The molecule has 1 saturated heterocycles. The van der Waals surface area contributed by atoms with Crippen molar-refractivity contribution >= 4 is 17.8 Å². The molecule has 1 amide bonds. The lowest BCUT2D eigenvalue weighted by molar-refractivity contribution is -0.192. The van der Waals surface area contributed by atoms with Crippen LogP contribution in [0.3, 0.4) is 0 Å². The van der Waals surface area contributed by atoms with E-state index in [-0.39, 0.29) is 5.91 Å². The number of carbonyl (C=O) groups is 2. The highest BCUT2D eigenvalue weighted by molar-refractivity contribution is 5.80. The molecule has 3 aromatic heterocycles. The van der Waals surface area contributed by atoms with Crippen molar-refractivity contribution < 1.29 is 37.0 Å². The Hall–Kier alpha value is -4.14. The summed E-state index contributed by atoms with van der Waals surface area (Å²) in [5.74, 6) is -2.07. The first-order valence-electron chi connectivity index (χ1n) is 11.5. The van der Waals surface area contributed by atoms with Crippen LogP contribution in [0.2, 0.25) is 0 Å². The minimum Gasteiger partial charge on any atom is -0.475 e. The average molecular weight is 537 g/mol. The van der Waals surface area contributed by atoms with Crippen LogP contribution in [0.1, 0.15) is 24.4 Å². The van der Waals surface area contributed by atoms with Crippen molar-refractivity contribution in [1.29, 1.82) is 0 Å². The Morgan fingerprint density at radius 3 is 2.39 bits per heavy atom. The summed E-state index contributed by atoms with van der Waals surface area (Å²) in [6, 6.07) is 5.59. The van der Waals surface area contributed by atoms with Gasteiger partial charge >= 0.3 is 12.1 Å². The lowest BCUT2D eigenvalue weighted by Crippen LogP contribution is -2.54. The summed E-state index contributed by atoms with van der Waals surface area (Å²) < 4.78 is 53.3. The van der Waals surface area contributed by atoms with Crippen molar-refractivity contribution in [2.75, 3.05) is 18.0 Å². The minimum atomic E-state index is -5.08. The number of ether oxygens (including phenoxy) is 1. The van der Waals surface area contributed by atoms with Crippen LogP contribution in [0.4, 0.5) is 23.5 Å². The number of aliphatic carboxylic acids is 1. The number of rotatable bonds is 4. The van der Waals surface area contributed by atoms with Crippen molar-refractivity contribution in [2.24, 2.45) is 0 Å². The number of hydrogen-bond acceptors (Lipinski definition) is 8. The molecule has 0 aliphatic carbocycles. The number of amides is 1. The summed E-state index contributed by atoms with van der Waals surface area (Å²) >= 11 is 0.